The molecule has 138 valence electrons. The molecule has 0 aliphatic carbocycles. The Labute approximate surface area is 167 Å². The zero-order valence-electron chi connectivity index (χ0n) is 13.8. The molecule has 0 atom stereocenters. The van der Waals surface area contributed by atoms with Crippen molar-refractivity contribution in [1.82, 2.24) is 0 Å². The van der Waals surface area contributed by atoms with E-state index in [2.05, 4.69) is 10.0 Å². The maximum Gasteiger partial charge on any atom is 0.261 e. The van der Waals surface area contributed by atoms with Crippen molar-refractivity contribution < 1.29 is 13.2 Å². The zero-order chi connectivity index (χ0) is 19.4. The first-order chi connectivity index (χ1) is 12.8. The van der Waals surface area contributed by atoms with Crippen molar-refractivity contribution in [2.45, 2.75) is 4.90 Å². The van der Waals surface area contributed by atoms with Crippen molar-refractivity contribution in [3.05, 3.63) is 88.4 Å². The Morgan fingerprint density at radius 1 is 0.778 bits per heavy atom. The minimum atomic E-state index is -3.68. The van der Waals surface area contributed by atoms with Gasteiger partial charge in [0.05, 0.1) is 4.90 Å². The van der Waals surface area contributed by atoms with Crippen molar-refractivity contribution >= 4 is 50.5 Å². The van der Waals surface area contributed by atoms with Gasteiger partial charge in [0.15, 0.2) is 0 Å². The number of hydrogen-bond acceptors (Lipinski definition) is 3. The van der Waals surface area contributed by atoms with Crippen LogP contribution in [0.1, 0.15) is 10.4 Å². The Bertz CT molecular complexity index is 1050. The molecule has 0 bridgehead atoms. The lowest BCUT2D eigenvalue weighted by molar-refractivity contribution is 0.102. The average Bonchev–Trinajstić information content (AvgIpc) is 2.62. The third-order valence-electron chi connectivity index (χ3n) is 3.57. The summed E-state index contributed by atoms with van der Waals surface area (Å²) in [5, 5.41) is 3.50. The second-order valence-electron chi connectivity index (χ2n) is 5.61. The van der Waals surface area contributed by atoms with Gasteiger partial charge in [-0.3, -0.25) is 9.52 Å². The van der Waals surface area contributed by atoms with Crippen LogP contribution < -0.4 is 10.0 Å². The molecule has 5 nitrogen and oxygen atoms in total. The highest BCUT2D eigenvalue weighted by molar-refractivity contribution is 7.92. The molecule has 27 heavy (non-hydrogen) atoms. The van der Waals surface area contributed by atoms with Crippen LogP contribution in [0.3, 0.4) is 0 Å². The predicted molar refractivity (Wildman–Crippen MR) is 108 cm³/mol. The van der Waals surface area contributed by atoms with E-state index < -0.39 is 10.0 Å². The number of rotatable bonds is 5. The predicted octanol–water partition coefficient (Wildman–Crippen LogP) is 5.05. The number of nitrogens with one attached hydrogen (secondary N) is 2. The number of benzene rings is 3. The molecule has 0 heterocycles. The molecule has 8 heteroatoms. The summed E-state index contributed by atoms with van der Waals surface area (Å²) < 4.78 is 27.1. The van der Waals surface area contributed by atoms with E-state index in [-0.39, 0.29) is 10.8 Å². The first kappa shape index (κ1) is 19.2. The second-order valence-corrected chi connectivity index (χ2v) is 8.16. The van der Waals surface area contributed by atoms with Gasteiger partial charge in [0, 0.05) is 27.0 Å². The molecule has 0 aliphatic rings. The number of hydrogen-bond donors (Lipinski definition) is 2. The van der Waals surface area contributed by atoms with Crippen molar-refractivity contribution in [3.8, 4) is 0 Å². The van der Waals surface area contributed by atoms with Crippen LogP contribution in [0, 0.1) is 0 Å². The van der Waals surface area contributed by atoms with Crippen LogP contribution >= 0.6 is 23.2 Å². The van der Waals surface area contributed by atoms with E-state index in [0.29, 0.717) is 27.0 Å². The number of anilines is 2. The third-order valence-corrected chi connectivity index (χ3v) is 5.41. The van der Waals surface area contributed by atoms with Gasteiger partial charge in [0.1, 0.15) is 0 Å². The number of carbonyl (C=O) groups excluding carboxylic acids is 1. The van der Waals surface area contributed by atoms with Crippen LogP contribution in [0.5, 0.6) is 0 Å². The standard InChI is InChI=1S/C19H14Cl2N2O3S/c20-14-10-15(21)12-17(11-14)22-19(24)13-6-8-16(9-7-13)23-27(25,26)18-4-2-1-3-5-18/h1-12,23H,(H,22,24). The Morgan fingerprint density at radius 2 is 1.37 bits per heavy atom. The molecule has 2 N–H and O–H groups in total. The smallest absolute Gasteiger partial charge is 0.261 e. The Balaban J connectivity index is 1.72. The largest absolute Gasteiger partial charge is 0.322 e. The molecule has 1 amide bonds. The number of sulfonamides is 1. The Morgan fingerprint density at radius 3 is 1.96 bits per heavy atom. The molecule has 0 fully saturated rings. The fourth-order valence-electron chi connectivity index (χ4n) is 2.33. The molecule has 3 aromatic carbocycles. The summed E-state index contributed by atoms with van der Waals surface area (Å²) in [4.78, 5) is 12.5. The molecule has 3 rings (SSSR count). The molecule has 3 aromatic rings. The molecule has 0 spiro atoms. The van der Waals surface area contributed by atoms with Crippen LogP contribution in [0.2, 0.25) is 10.0 Å². The van der Waals surface area contributed by atoms with E-state index >= 15 is 0 Å². The van der Waals surface area contributed by atoms with Gasteiger partial charge in [0.2, 0.25) is 0 Å². The van der Waals surface area contributed by atoms with E-state index in [0.717, 1.165) is 0 Å². The average molecular weight is 421 g/mol. The summed E-state index contributed by atoms with van der Waals surface area (Å²) in [6.07, 6.45) is 0. The normalized spacial score (nSPS) is 11.0. The number of carbonyl (C=O) groups is 1. The van der Waals surface area contributed by atoms with E-state index in [9.17, 15) is 13.2 Å². The molecular weight excluding hydrogens is 407 g/mol. The van der Waals surface area contributed by atoms with Gasteiger partial charge in [0.25, 0.3) is 15.9 Å². The first-order valence-electron chi connectivity index (χ1n) is 7.79. The van der Waals surface area contributed by atoms with Crippen molar-refractivity contribution in [3.63, 3.8) is 0 Å². The molecule has 0 saturated carbocycles. The van der Waals surface area contributed by atoms with Crippen molar-refractivity contribution in [1.29, 1.82) is 0 Å². The van der Waals surface area contributed by atoms with E-state index in [4.69, 9.17) is 23.2 Å². The van der Waals surface area contributed by atoms with Gasteiger partial charge in [-0.15, -0.1) is 0 Å². The number of amides is 1. The van der Waals surface area contributed by atoms with E-state index in [1.807, 2.05) is 0 Å². The minimum absolute atomic E-state index is 0.157. The second kappa shape index (κ2) is 8.00. The highest BCUT2D eigenvalue weighted by atomic mass is 35.5. The molecule has 0 unspecified atom stereocenters. The van der Waals surface area contributed by atoms with Crippen molar-refractivity contribution in [2.24, 2.45) is 0 Å². The van der Waals surface area contributed by atoms with E-state index in [1.54, 1.807) is 36.4 Å². The van der Waals surface area contributed by atoms with Crippen LogP contribution in [0.15, 0.2) is 77.7 Å². The molecular formula is C19H14Cl2N2O3S. The minimum Gasteiger partial charge on any atom is -0.322 e. The van der Waals surface area contributed by atoms with Crippen LogP contribution in [0.25, 0.3) is 0 Å². The number of halogens is 2. The maximum atomic E-state index is 12.3. The molecule has 0 aromatic heterocycles. The SMILES string of the molecule is O=C(Nc1cc(Cl)cc(Cl)c1)c1ccc(NS(=O)(=O)c2ccccc2)cc1. The zero-order valence-corrected chi connectivity index (χ0v) is 16.1. The quantitative estimate of drug-likeness (QED) is 0.606. The molecule has 0 radical (unpaired) electrons. The van der Waals surface area contributed by atoms with Crippen LogP contribution in [-0.2, 0) is 10.0 Å². The topological polar surface area (TPSA) is 75.3 Å². The lowest BCUT2D eigenvalue weighted by atomic mass is 10.2. The third kappa shape index (κ3) is 5.01. The molecule has 0 aliphatic heterocycles. The first-order valence-corrected chi connectivity index (χ1v) is 10.0. The molecule has 0 saturated heterocycles. The van der Waals surface area contributed by atoms with Crippen LogP contribution in [-0.4, -0.2) is 14.3 Å². The van der Waals surface area contributed by atoms with Gasteiger partial charge in [-0.05, 0) is 54.6 Å². The summed E-state index contributed by atoms with van der Waals surface area (Å²) in [7, 11) is -3.68. The maximum absolute atomic E-state index is 12.3. The van der Waals surface area contributed by atoms with Crippen LogP contribution in [0.4, 0.5) is 11.4 Å². The highest BCUT2D eigenvalue weighted by Gasteiger charge is 2.14. The Kier molecular flexibility index (Phi) is 5.70. The van der Waals surface area contributed by atoms with Gasteiger partial charge < -0.3 is 5.32 Å². The summed E-state index contributed by atoms with van der Waals surface area (Å²) in [6, 6.07) is 18.8. The monoisotopic (exact) mass is 420 g/mol. The van der Waals surface area contributed by atoms with Gasteiger partial charge >= 0.3 is 0 Å². The Hall–Kier alpha value is -2.54. The summed E-state index contributed by atoms with van der Waals surface area (Å²) in [6.45, 7) is 0. The summed E-state index contributed by atoms with van der Waals surface area (Å²) >= 11 is 11.8. The fraction of sp³-hybridized carbons (Fsp3) is 0. The van der Waals surface area contributed by atoms with Gasteiger partial charge in [-0.25, -0.2) is 8.42 Å². The lowest BCUT2D eigenvalue weighted by Gasteiger charge is -2.09. The van der Waals surface area contributed by atoms with E-state index in [1.165, 1.54) is 36.4 Å². The van der Waals surface area contributed by atoms with Crippen molar-refractivity contribution in [2.75, 3.05) is 10.0 Å². The highest BCUT2D eigenvalue weighted by Crippen LogP contribution is 2.23. The fourth-order valence-corrected chi connectivity index (χ4v) is 3.94. The summed E-state index contributed by atoms with van der Waals surface area (Å²) in [5.41, 5.74) is 1.17. The summed E-state index contributed by atoms with van der Waals surface area (Å²) in [5.74, 6) is -0.370. The lowest BCUT2D eigenvalue weighted by Crippen LogP contribution is -2.14. The van der Waals surface area contributed by atoms with Gasteiger partial charge in [-0.2, -0.15) is 0 Å². The van der Waals surface area contributed by atoms with Gasteiger partial charge in [-0.1, -0.05) is 41.4 Å².